The second-order valence-corrected chi connectivity index (χ2v) is 5.38. The summed E-state index contributed by atoms with van der Waals surface area (Å²) in [7, 11) is 0. The third kappa shape index (κ3) is 3.78. The summed E-state index contributed by atoms with van der Waals surface area (Å²) in [5.41, 5.74) is 8.78. The molecule has 0 saturated heterocycles. The Morgan fingerprint density at radius 1 is 1.00 bits per heavy atom. The second kappa shape index (κ2) is 6.33. The van der Waals surface area contributed by atoms with E-state index in [1.54, 1.807) is 12.1 Å². The fraction of sp³-hybridized carbons (Fsp3) is 0.250. The first kappa shape index (κ1) is 14.9. The van der Waals surface area contributed by atoms with Gasteiger partial charge in [0.1, 0.15) is 11.6 Å². The van der Waals surface area contributed by atoms with E-state index in [2.05, 4.69) is 0 Å². The number of nitrogens with two attached hydrogens (primary N) is 1. The first-order valence-electron chi connectivity index (χ1n) is 6.40. The summed E-state index contributed by atoms with van der Waals surface area (Å²) >= 11 is 5.98. The molecule has 0 heterocycles. The van der Waals surface area contributed by atoms with Gasteiger partial charge in [-0.25, -0.2) is 8.78 Å². The van der Waals surface area contributed by atoms with Gasteiger partial charge in [-0.05, 0) is 60.7 Å². The number of hydrogen-bond acceptors (Lipinski definition) is 1. The van der Waals surface area contributed by atoms with Crippen LogP contribution in [0.3, 0.4) is 0 Å². The summed E-state index contributed by atoms with van der Waals surface area (Å²) < 4.78 is 26.2. The van der Waals surface area contributed by atoms with Crippen LogP contribution < -0.4 is 5.73 Å². The van der Waals surface area contributed by atoms with Crippen LogP contribution in [0.25, 0.3) is 0 Å². The SMILES string of the molecule is Cc1ccc(F)cc1CC(N)Cc1ccc(F)cc1Cl. The molecular weight excluding hydrogens is 280 g/mol. The van der Waals surface area contributed by atoms with Crippen molar-refractivity contribution in [3.63, 3.8) is 0 Å². The maximum atomic E-state index is 13.2. The van der Waals surface area contributed by atoms with E-state index >= 15 is 0 Å². The number of hydrogen-bond donors (Lipinski definition) is 1. The first-order chi connectivity index (χ1) is 9.45. The third-order valence-corrected chi connectivity index (χ3v) is 3.64. The molecular formula is C16H16ClF2N. The van der Waals surface area contributed by atoms with Crippen molar-refractivity contribution in [1.29, 1.82) is 0 Å². The lowest BCUT2D eigenvalue weighted by Gasteiger charge is -2.14. The molecule has 1 unspecified atom stereocenters. The lowest BCUT2D eigenvalue weighted by molar-refractivity contribution is 0.614. The molecule has 1 atom stereocenters. The Morgan fingerprint density at radius 2 is 1.60 bits per heavy atom. The number of rotatable bonds is 4. The molecule has 2 aromatic rings. The highest BCUT2D eigenvalue weighted by Crippen LogP contribution is 2.20. The van der Waals surface area contributed by atoms with Crippen molar-refractivity contribution in [1.82, 2.24) is 0 Å². The summed E-state index contributed by atoms with van der Waals surface area (Å²) in [6.07, 6.45) is 1.08. The molecule has 0 fully saturated rings. The normalized spacial score (nSPS) is 12.4. The van der Waals surface area contributed by atoms with Crippen LogP contribution >= 0.6 is 11.6 Å². The summed E-state index contributed by atoms with van der Waals surface area (Å²) in [6, 6.07) is 8.75. The summed E-state index contributed by atoms with van der Waals surface area (Å²) in [5.74, 6) is -0.633. The van der Waals surface area contributed by atoms with Crippen LogP contribution in [0.2, 0.25) is 5.02 Å². The van der Waals surface area contributed by atoms with Crippen molar-refractivity contribution in [3.8, 4) is 0 Å². The van der Waals surface area contributed by atoms with Crippen LogP contribution in [0.15, 0.2) is 36.4 Å². The van der Waals surface area contributed by atoms with E-state index in [9.17, 15) is 8.78 Å². The van der Waals surface area contributed by atoms with Gasteiger partial charge in [-0.3, -0.25) is 0 Å². The molecule has 0 bridgehead atoms. The summed E-state index contributed by atoms with van der Waals surface area (Å²) in [5, 5.41) is 0.372. The molecule has 0 spiro atoms. The predicted octanol–water partition coefficient (Wildman–Crippen LogP) is 4.04. The molecule has 0 radical (unpaired) electrons. The predicted molar refractivity (Wildman–Crippen MR) is 77.9 cm³/mol. The van der Waals surface area contributed by atoms with E-state index in [1.807, 2.05) is 6.92 Å². The average molecular weight is 296 g/mol. The molecule has 0 aromatic heterocycles. The maximum Gasteiger partial charge on any atom is 0.124 e. The Hall–Kier alpha value is -1.45. The van der Waals surface area contributed by atoms with E-state index in [-0.39, 0.29) is 17.7 Å². The zero-order valence-corrected chi connectivity index (χ0v) is 11.9. The topological polar surface area (TPSA) is 26.0 Å². The van der Waals surface area contributed by atoms with Gasteiger partial charge in [-0.1, -0.05) is 23.7 Å². The summed E-state index contributed by atoms with van der Waals surface area (Å²) in [6.45, 7) is 1.92. The minimum atomic E-state index is -0.367. The molecule has 0 aliphatic carbocycles. The molecule has 1 nitrogen and oxygen atoms in total. The van der Waals surface area contributed by atoms with E-state index in [4.69, 9.17) is 17.3 Å². The monoisotopic (exact) mass is 295 g/mol. The molecule has 0 aliphatic heterocycles. The molecule has 2 rings (SSSR count). The quantitative estimate of drug-likeness (QED) is 0.905. The van der Waals surface area contributed by atoms with Crippen LogP contribution in [0.5, 0.6) is 0 Å². The van der Waals surface area contributed by atoms with E-state index in [0.717, 1.165) is 16.7 Å². The van der Waals surface area contributed by atoms with Gasteiger partial charge in [0.15, 0.2) is 0 Å². The van der Waals surface area contributed by atoms with Gasteiger partial charge >= 0.3 is 0 Å². The zero-order chi connectivity index (χ0) is 14.7. The van der Waals surface area contributed by atoms with Crippen LogP contribution in [0.1, 0.15) is 16.7 Å². The number of benzene rings is 2. The molecule has 0 saturated carbocycles. The van der Waals surface area contributed by atoms with Crippen molar-refractivity contribution in [2.24, 2.45) is 5.73 Å². The molecule has 0 amide bonds. The highest BCUT2D eigenvalue weighted by molar-refractivity contribution is 6.31. The maximum absolute atomic E-state index is 13.2. The largest absolute Gasteiger partial charge is 0.327 e. The minimum Gasteiger partial charge on any atom is -0.327 e. The van der Waals surface area contributed by atoms with Crippen molar-refractivity contribution in [2.45, 2.75) is 25.8 Å². The average Bonchev–Trinajstić information content (AvgIpc) is 2.37. The van der Waals surface area contributed by atoms with Gasteiger partial charge in [0.25, 0.3) is 0 Å². The smallest absolute Gasteiger partial charge is 0.124 e. The van der Waals surface area contributed by atoms with Gasteiger partial charge in [-0.2, -0.15) is 0 Å². The fourth-order valence-electron chi connectivity index (χ4n) is 2.18. The highest BCUT2D eigenvalue weighted by atomic mass is 35.5. The minimum absolute atomic E-state index is 0.196. The fourth-order valence-corrected chi connectivity index (χ4v) is 2.43. The second-order valence-electron chi connectivity index (χ2n) is 4.97. The van der Waals surface area contributed by atoms with Gasteiger partial charge in [0, 0.05) is 11.1 Å². The van der Waals surface area contributed by atoms with Crippen LogP contribution in [0, 0.1) is 18.6 Å². The molecule has 0 aliphatic rings. The zero-order valence-electron chi connectivity index (χ0n) is 11.2. The van der Waals surface area contributed by atoms with Gasteiger partial charge in [0.2, 0.25) is 0 Å². The van der Waals surface area contributed by atoms with E-state index < -0.39 is 0 Å². The van der Waals surface area contributed by atoms with Gasteiger partial charge in [0.05, 0.1) is 0 Å². The molecule has 106 valence electrons. The number of halogens is 3. The van der Waals surface area contributed by atoms with Gasteiger partial charge in [-0.15, -0.1) is 0 Å². The van der Waals surface area contributed by atoms with E-state index in [0.29, 0.717) is 17.9 Å². The Morgan fingerprint density at radius 3 is 2.30 bits per heavy atom. The van der Waals surface area contributed by atoms with Crippen molar-refractivity contribution in [2.75, 3.05) is 0 Å². The van der Waals surface area contributed by atoms with Crippen LogP contribution in [-0.2, 0) is 12.8 Å². The van der Waals surface area contributed by atoms with Gasteiger partial charge < -0.3 is 5.73 Å². The standard InChI is InChI=1S/C16H16ClF2N/c1-10-2-4-13(18)6-12(10)8-15(20)7-11-3-5-14(19)9-16(11)17/h2-6,9,15H,7-8,20H2,1H3. The third-order valence-electron chi connectivity index (χ3n) is 3.29. The molecule has 20 heavy (non-hydrogen) atoms. The summed E-state index contributed by atoms with van der Waals surface area (Å²) in [4.78, 5) is 0. The Kier molecular flexibility index (Phi) is 4.73. The Balaban J connectivity index is 2.08. The Labute approximate surface area is 122 Å². The number of aryl methyl sites for hydroxylation is 1. The lowest BCUT2D eigenvalue weighted by atomic mass is 9.97. The van der Waals surface area contributed by atoms with Crippen molar-refractivity contribution in [3.05, 3.63) is 69.7 Å². The highest BCUT2D eigenvalue weighted by Gasteiger charge is 2.11. The van der Waals surface area contributed by atoms with Crippen LogP contribution in [-0.4, -0.2) is 6.04 Å². The lowest BCUT2D eigenvalue weighted by Crippen LogP contribution is -2.26. The van der Waals surface area contributed by atoms with Crippen molar-refractivity contribution >= 4 is 11.6 Å². The van der Waals surface area contributed by atoms with Crippen LogP contribution in [0.4, 0.5) is 8.78 Å². The first-order valence-corrected chi connectivity index (χ1v) is 6.78. The molecule has 2 aromatic carbocycles. The van der Waals surface area contributed by atoms with Crippen molar-refractivity contribution < 1.29 is 8.78 Å². The molecule has 4 heteroatoms. The van der Waals surface area contributed by atoms with E-state index in [1.165, 1.54) is 24.3 Å². The molecule has 2 N–H and O–H groups in total. The Bertz CT molecular complexity index is 613.